The number of sulfonamides is 1. The van der Waals surface area contributed by atoms with E-state index in [1.807, 2.05) is 0 Å². The highest BCUT2D eigenvalue weighted by Crippen LogP contribution is 2.23. The van der Waals surface area contributed by atoms with Gasteiger partial charge in [-0.15, -0.1) is 11.3 Å². The monoisotopic (exact) mass is 364 g/mol. The van der Waals surface area contributed by atoms with Crippen molar-refractivity contribution in [1.29, 1.82) is 0 Å². The normalized spacial score (nSPS) is 16.7. The quantitative estimate of drug-likeness (QED) is 0.741. The van der Waals surface area contributed by atoms with Crippen molar-refractivity contribution >= 4 is 44.7 Å². The van der Waals surface area contributed by atoms with Gasteiger partial charge in [0.2, 0.25) is 15.9 Å². The van der Waals surface area contributed by atoms with Gasteiger partial charge in [0.1, 0.15) is 0 Å². The molecule has 0 bridgehead atoms. The molecule has 1 fully saturated rings. The highest BCUT2D eigenvalue weighted by atomic mass is 35.5. The Labute approximate surface area is 138 Å². The number of hydrogen-bond acceptors (Lipinski definition) is 5. The lowest BCUT2D eigenvalue weighted by atomic mass is 10.1. The van der Waals surface area contributed by atoms with Crippen molar-refractivity contribution in [2.45, 2.75) is 12.8 Å². The minimum atomic E-state index is -3.20. The first-order valence-corrected chi connectivity index (χ1v) is 9.83. The number of hydrogen-bond donors (Lipinski definition) is 0. The Bertz CT molecular complexity index is 663. The third-order valence-corrected chi connectivity index (χ3v) is 6.05. The van der Waals surface area contributed by atoms with Crippen LogP contribution in [-0.2, 0) is 14.8 Å². The van der Waals surface area contributed by atoms with Gasteiger partial charge < -0.3 is 4.90 Å². The molecule has 122 valence electrons. The van der Waals surface area contributed by atoms with E-state index in [1.54, 1.807) is 17.0 Å². The highest BCUT2D eigenvalue weighted by molar-refractivity contribution is 7.88. The van der Waals surface area contributed by atoms with Crippen LogP contribution < -0.4 is 0 Å². The fraction of sp³-hybridized carbons (Fsp3) is 0.538. The summed E-state index contributed by atoms with van der Waals surface area (Å²) in [5.41, 5.74) is 0. The third kappa shape index (κ3) is 4.52. The second-order valence-corrected chi connectivity index (χ2v) is 8.77. The number of Topliss-reactive ketones (excluding diaryl/α,β-unsaturated/α-hetero) is 1. The average molecular weight is 365 g/mol. The molecular formula is C13H17ClN2O4S2. The van der Waals surface area contributed by atoms with Crippen molar-refractivity contribution in [2.75, 3.05) is 32.4 Å². The molecule has 1 amide bonds. The molecule has 0 atom stereocenters. The number of amides is 1. The van der Waals surface area contributed by atoms with Gasteiger partial charge in [0.05, 0.1) is 15.5 Å². The fourth-order valence-electron chi connectivity index (χ4n) is 2.24. The number of ketones is 1. The number of carbonyl (C=O) groups is 2. The van der Waals surface area contributed by atoms with Crippen LogP contribution in [-0.4, -0.2) is 61.7 Å². The lowest BCUT2D eigenvalue weighted by Crippen LogP contribution is -2.50. The minimum absolute atomic E-state index is 0.0972. The molecule has 0 aliphatic carbocycles. The third-order valence-electron chi connectivity index (χ3n) is 3.47. The smallest absolute Gasteiger partial charge is 0.223 e. The van der Waals surface area contributed by atoms with E-state index in [0.29, 0.717) is 35.4 Å². The molecular weight excluding hydrogens is 348 g/mol. The number of carbonyl (C=O) groups excluding carboxylic acids is 2. The molecule has 0 N–H and O–H groups in total. The van der Waals surface area contributed by atoms with Crippen molar-refractivity contribution < 1.29 is 18.0 Å². The lowest BCUT2D eigenvalue weighted by molar-refractivity contribution is -0.132. The molecule has 0 unspecified atom stereocenters. The van der Waals surface area contributed by atoms with Gasteiger partial charge in [0, 0.05) is 39.0 Å². The molecule has 0 saturated carbocycles. The van der Waals surface area contributed by atoms with E-state index in [0.717, 1.165) is 6.26 Å². The van der Waals surface area contributed by atoms with Crippen molar-refractivity contribution in [3.05, 3.63) is 21.3 Å². The van der Waals surface area contributed by atoms with E-state index < -0.39 is 10.0 Å². The zero-order valence-corrected chi connectivity index (χ0v) is 14.5. The Kier molecular flexibility index (Phi) is 5.60. The fourth-order valence-corrected chi connectivity index (χ4v) is 4.07. The predicted octanol–water partition coefficient (Wildman–Crippen LogP) is 1.47. The Hall–Kier alpha value is -0.960. The van der Waals surface area contributed by atoms with Crippen LogP contribution in [0.4, 0.5) is 0 Å². The summed E-state index contributed by atoms with van der Waals surface area (Å²) in [7, 11) is -3.20. The zero-order valence-electron chi connectivity index (χ0n) is 12.1. The molecule has 22 heavy (non-hydrogen) atoms. The van der Waals surface area contributed by atoms with Gasteiger partial charge in [-0.05, 0) is 12.1 Å². The zero-order chi connectivity index (χ0) is 16.3. The molecule has 1 aromatic heterocycles. The second-order valence-electron chi connectivity index (χ2n) is 5.07. The summed E-state index contributed by atoms with van der Waals surface area (Å²) < 4.78 is 24.7. The summed E-state index contributed by atoms with van der Waals surface area (Å²) in [5.74, 6) is -0.218. The Balaban J connectivity index is 1.80. The van der Waals surface area contributed by atoms with Gasteiger partial charge in [0.25, 0.3) is 0 Å². The second kappa shape index (κ2) is 7.08. The topological polar surface area (TPSA) is 74.8 Å². The molecule has 1 aliphatic rings. The molecule has 1 saturated heterocycles. The van der Waals surface area contributed by atoms with Gasteiger partial charge >= 0.3 is 0 Å². The van der Waals surface area contributed by atoms with Gasteiger partial charge in [-0.3, -0.25) is 9.59 Å². The van der Waals surface area contributed by atoms with Crippen LogP contribution in [0.15, 0.2) is 12.1 Å². The van der Waals surface area contributed by atoms with Gasteiger partial charge in [0.15, 0.2) is 5.78 Å². The summed E-state index contributed by atoms with van der Waals surface area (Å²) in [6.07, 6.45) is 1.44. The number of piperazine rings is 1. The first kappa shape index (κ1) is 17.4. The summed E-state index contributed by atoms with van der Waals surface area (Å²) in [4.78, 5) is 26.2. The van der Waals surface area contributed by atoms with Crippen LogP contribution in [0.25, 0.3) is 0 Å². The molecule has 9 heteroatoms. The lowest BCUT2D eigenvalue weighted by Gasteiger charge is -2.33. The predicted molar refractivity (Wildman–Crippen MR) is 85.9 cm³/mol. The molecule has 0 radical (unpaired) electrons. The highest BCUT2D eigenvalue weighted by Gasteiger charge is 2.26. The van der Waals surface area contributed by atoms with E-state index in [1.165, 1.54) is 15.6 Å². The molecule has 1 aromatic rings. The maximum absolute atomic E-state index is 12.1. The maximum Gasteiger partial charge on any atom is 0.223 e. The van der Waals surface area contributed by atoms with Crippen LogP contribution >= 0.6 is 22.9 Å². The molecule has 6 nitrogen and oxygen atoms in total. The first-order chi connectivity index (χ1) is 10.3. The van der Waals surface area contributed by atoms with E-state index in [2.05, 4.69) is 0 Å². The number of nitrogens with zero attached hydrogens (tertiary/aromatic N) is 2. The number of rotatable bonds is 5. The van der Waals surface area contributed by atoms with Crippen LogP contribution in [0.1, 0.15) is 22.5 Å². The van der Waals surface area contributed by atoms with Gasteiger partial charge in [-0.1, -0.05) is 11.6 Å². The summed E-state index contributed by atoms with van der Waals surface area (Å²) in [6.45, 7) is 1.34. The van der Waals surface area contributed by atoms with E-state index in [4.69, 9.17) is 11.6 Å². The van der Waals surface area contributed by atoms with Crippen molar-refractivity contribution in [3.8, 4) is 0 Å². The molecule has 0 aromatic carbocycles. The summed E-state index contributed by atoms with van der Waals surface area (Å²) in [6, 6.07) is 3.32. The van der Waals surface area contributed by atoms with Gasteiger partial charge in [-0.2, -0.15) is 4.31 Å². The number of thiophene rings is 1. The van der Waals surface area contributed by atoms with E-state index in [9.17, 15) is 18.0 Å². The standard InChI is InChI=1S/C13H17ClN2O4S2/c1-22(19,20)16-8-6-15(7-9-16)13(18)5-2-10(17)11-3-4-12(14)21-11/h3-4H,2,5-9H2,1H3. The Morgan fingerprint density at radius 1 is 1.18 bits per heavy atom. The molecule has 0 spiro atoms. The van der Waals surface area contributed by atoms with Crippen LogP contribution in [0.5, 0.6) is 0 Å². The van der Waals surface area contributed by atoms with Crippen molar-refractivity contribution in [2.24, 2.45) is 0 Å². The van der Waals surface area contributed by atoms with Crippen LogP contribution in [0.2, 0.25) is 4.34 Å². The van der Waals surface area contributed by atoms with Crippen LogP contribution in [0, 0.1) is 0 Å². The van der Waals surface area contributed by atoms with Crippen LogP contribution in [0.3, 0.4) is 0 Å². The average Bonchev–Trinajstić information content (AvgIpc) is 2.90. The maximum atomic E-state index is 12.1. The van der Waals surface area contributed by atoms with E-state index >= 15 is 0 Å². The van der Waals surface area contributed by atoms with Gasteiger partial charge in [-0.25, -0.2) is 8.42 Å². The number of halogens is 1. The Morgan fingerprint density at radius 3 is 2.32 bits per heavy atom. The summed E-state index contributed by atoms with van der Waals surface area (Å²) in [5, 5.41) is 0. The molecule has 2 heterocycles. The van der Waals surface area contributed by atoms with E-state index in [-0.39, 0.29) is 24.5 Å². The largest absolute Gasteiger partial charge is 0.340 e. The summed E-state index contributed by atoms with van der Waals surface area (Å²) >= 11 is 6.98. The Morgan fingerprint density at radius 2 is 1.82 bits per heavy atom. The molecule has 1 aliphatic heterocycles. The molecule has 2 rings (SSSR count). The SMILES string of the molecule is CS(=O)(=O)N1CCN(C(=O)CCC(=O)c2ccc(Cl)s2)CC1. The first-order valence-electron chi connectivity index (χ1n) is 6.79. The minimum Gasteiger partial charge on any atom is -0.340 e. The van der Waals surface area contributed by atoms with Crippen molar-refractivity contribution in [1.82, 2.24) is 9.21 Å². The van der Waals surface area contributed by atoms with Crippen molar-refractivity contribution in [3.63, 3.8) is 0 Å².